The molecule has 2 aromatic rings. The van der Waals surface area contributed by atoms with E-state index in [0.717, 1.165) is 17.5 Å². The molecular weight excluding hydrogens is 381 g/mol. The topological polar surface area (TPSA) is 29.5 Å². The van der Waals surface area contributed by atoms with Crippen molar-refractivity contribution in [2.45, 2.75) is 44.4 Å². The smallest absolute Gasteiger partial charge is 0.249 e. The van der Waals surface area contributed by atoms with Crippen LogP contribution in [0.4, 0.5) is 0 Å². The van der Waals surface area contributed by atoms with Gasteiger partial charge in [0.05, 0.1) is 6.04 Å². The molecule has 0 unspecified atom stereocenters. The van der Waals surface area contributed by atoms with Crippen molar-refractivity contribution >= 4 is 29.1 Å². The molecule has 0 bridgehead atoms. The highest BCUT2D eigenvalue weighted by Gasteiger charge is 2.45. The normalized spacial score (nSPS) is 24.1. The highest BCUT2D eigenvalue weighted by atomic mass is 35.5. The van der Waals surface area contributed by atoms with E-state index in [1.165, 1.54) is 12.8 Å². The Kier molecular flexibility index (Phi) is 5.45. The fourth-order valence-corrected chi connectivity index (χ4v) is 4.44. The van der Waals surface area contributed by atoms with Crippen LogP contribution in [0, 0.1) is 5.92 Å². The molecule has 27 heavy (non-hydrogen) atoms. The summed E-state index contributed by atoms with van der Waals surface area (Å²) in [6.45, 7) is 2.28. The third kappa shape index (κ3) is 3.87. The molecule has 0 spiro atoms. The van der Waals surface area contributed by atoms with Gasteiger partial charge < -0.3 is 9.64 Å². The van der Waals surface area contributed by atoms with Crippen molar-refractivity contribution in [3.63, 3.8) is 0 Å². The Hall–Kier alpha value is -1.55. The van der Waals surface area contributed by atoms with Gasteiger partial charge >= 0.3 is 0 Å². The Labute approximate surface area is 170 Å². The van der Waals surface area contributed by atoms with E-state index >= 15 is 0 Å². The molecule has 0 radical (unpaired) electrons. The lowest BCUT2D eigenvalue weighted by molar-refractivity contribution is -0.164. The quantitative estimate of drug-likeness (QED) is 0.628. The number of nitrogens with zero attached hydrogens (tertiary/aromatic N) is 1. The van der Waals surface area contributed by atoms with E-state index in [9.17, 15) is 4.79 Å². The Bertz CT molecular complexity index is 802. The molecule has 3 atom stereocenters. The van der Waals surface area contributed by atoms with Crippen LogP contribution in [0.3, 0.4) is 0 Å². The zero-order chi connectivity index (χ0) is 19.0. The van der Waals surface area contributed by atoms with E-state index in [2.05, 4.69) is 11.8 Å². The number of carbonyl (C=O) groups excluding carboxylic acids is 1. The fraction of sp³-hybridized carbons (Fsp3) is 0.409. The van der Waals surface area contributed by atoms with Gasteiger partial charge in [-0.15, -0.1) is 0 Å². The Morgan fingerprint density at radius 1 is 1.00 bits per heavy atom. The maximum atomic E-state index is 13.0. The summed E-state index contributed by atoms with van der Waals surface area (Å²) in [4.78, 5) is 15.0. The first-order valence-corrected chi connectivity index (χ1v) is 10.3. The largest absolute Gasteiger partial charge is 0.361 e. The van der Waals surface area contributed by atoms with Crippen molar-refractivity contribution in [2.24, 2.45) is 5.92 Å². The van der Waals surface area contributed by atoms with Crippen molar-refractivity contribution < 1.29 is 9.53 Å². The second-order valence-corrected chi connectivity index (χ2v) is 8.27. The number of hydrogen-bond acceptors (Lipinski definition) is 2. The van der Waals surface area contributed by atoms with Gasteiger partial charge in [0, 0.05) is 16.1 Å². The van der Waals surface area contributed by atoms with Crippen LogP contribution < -0.4 is 0 Å². The molecule has 4 rings (SSSR count). The van der Waals surface area contributed by atoms with E-state index in [0.29, 0.717) is 16.0 Å². The minimum atomic E-state index is -0.228. The lowest BCUT2D eigenvalue weighted by atomic mass is 9.90. The van der Waals surface area contributed by atoms with Crippen molar-refractivity contribution in [2.75, 3.05) is 6.61 Å². The SMILES string of the molecule is CC[C@H](C1CC1)N1C(=O)CO[C@H](c2ccc(Cl)cc2)[C@@H]1c1ccc(Cl)cc1. The average Bonchev–Trinajstić information content (AvgIpc) is 3.50. The number of rotatable bonds is 5. The molecular formula is C22H23Cl2NO2. The predicted molar refractivity (Wildman–Crippen MR) is 108 cm³/mol. The molecule has 5 heteroatoms. The van der Waals surface area contributed by atoms with Crippen molar-refractivity contribution in [1.82, 2.24) is 4.90 Å². The summed E-state index contributed by atoms with van der Waals surface area (Å²) in [5.41, 5.74) is 2.08. The zero-order valence-corrected chi connectivity index (χ0v) is 16.8. The van der Waals surface area contributed by atoms with Gasteiger partial charge in [-0.2, -0.15) is 0 Å². The van der Waals surface area contributed by atoms with Gasteiger partial charge in [-0.3, -0.25) is 4.79 Å². The molecule has 3 nitrogen and oxygen atoms in total. The number of hydrogen-bond donors (Lipinski definition) is 0. The zero-order valence-electron chi connectivity index (χ0n) is 15.3. The second kappa shape index (κ2) is 7.83. The Balaban J connectivity index is 1.78. The third-order valence-corrected chi connectivity index (χ3v) is 6.12. The van der Waals surface area contributed by atoms with Crippen LogP contribution >= 0.6 is 23.2 Å². The standard InChI is InChI=1S/C22H23Cl2NO2/c1-2-19(14-3-4-14)25-20(26)13-27-22(16-7-11-18(24)12-8-16)21(25)15-5-9-17(23)10-6-15/h5-12,14,19,21-22H,2-4,13H2,1H3/t19-,21+,22-/m1/s1. The molecule has 2 fully saturated rings. The van der Waals surface area contributed by atoms with Crippen molar-refractivity contribution in [3.05, 3.63) is 69.7 Å². The molecule has 1 aliphatic carbocycles. The Morgan fingerprint density at radius 3 is 2.07 bits per heavy atom. The van der Waals surface area contributed by atoms with Crippen LogP contribution in [0.2, 0.25) is 10.0 Å². The molecule has 1 amide bonds. The van der Waals surface area contributed by atoms with Crippen molar-refractivity contribution in [1.29, 1.82) is 0 Å². The fourth-order valence-electron chi connectivity index (χ4n) is 4.18. The van der Waals surface area contributed by atoms with Gasteiger partial charge in [-0.05, 0) is 60.6 Å². The number of amides is 1. The summed E-state index contributed by atoms with van der Waals surface area (Å²) < 4.78 is 6.07. The minimum absolute atomic E-state index is 0.0684. The molecule has 2 aliphatic rings. The predicted octanol–water partition coefficient (Wildman–Crippen LogP) is 5.82. The van der Waals surface area contributed by atoms with E-state index in [4.69, 9.17) is 27.9 Å². The summed E-state index contributed by atoms with van der Waals surface area (Å²) >= 11 is 12.2. The average molecular weight is 404 g/mol. The summed E-state index contributed by atoms with van der Waals surface area (Å²) in [6, 6.07) is 15.6. The van der Waals surface area contributed by atoms with Gasteiger partial charge in [-0.1, -0.05) is 54.4 Å². The van der Waals surface area contributed by atoms with Crippen LogP contribution in [0.1, 0.15) is 49.5 Å². The van der Waals surface area contributed by atoms with Gasteiger partial charge in [0.1, 0.15) is 12.7 Å². The summed E-state index contributed by atoms with van der Waals surface area (Å²) in [5.74, 6) is 0.664. The minimum Gasteiger partial charge on any atom is -0.361 e. The number of benzene rings is 2. The first-order valence-electron chi connectivity index (χ1n) is 9.52. The van der Waals surface area contributed by atoms with E-state index in [1.54, 1.807) is 0 Å². The first kappa shape index (κ1) is 18.8. The van der Waals surface area contributed by atoms with E-state index in [-0.39, 0.29) is 30.7 Å². The lowest BCUT2D eigenvalue weighted by Crippen LogP contribution is -2.51. The van der Waals surface area contributed by atoms with E-state index in [1.807, 2.05) is 48.5 Å². The highest BCUT2D eigenvalue weighted by molar-refractivity contribution is 6.30. The summed E-state index contributed by atoms with van der Waals surface area (Å²) in [6.07, 6.45) is 3.12. The first-order chi connectivity index (χ1) is 13.1. The molecule has 1 aliphatic heterocycles. The maximum absolute atomic E-state index is 13.0. The second-order valence-electron chi connectivity index (χ2n) is 7.39. The van der Waals surface area contributed by atoms with Crippen LogP contribution in [-0.4, -0.2) is 23.5 Å². The van der Waals surface area contributed by atoms with Crippen LogP contribution in [0.5, 0.6) is 0 Å². The monoisotopic (exact) mass is 403 g/mol. The third-order valence-electron chi connectivity index (χ3n) is 5.61. The highest BCUT2D eigenvalue weighted by Crippen LogP contribution is 2.46. The molecule has 0 N–H and O–H groups in total. The van der Waals surface area contributed by atoms with Crippen LogP contribution in [-0.2, 0) is 9.53 Å². The van der Waals surface area contributed by atoms with E-state index < -0.39 is 0 Å². The van der Waals surface area contributed by atoms with Gasteiger partial charge in [-0.25, -0.2) is 0 Å². The number of ether oxygens (including phenoxy) is 1. The Morgan fingerprint density at radius 2 is 1.56 bits per heavy atom. The van der Waals surface area contributed by atoms with Gasteiger partial charge in [0.15, 0.2) is 0 Å². The summed E-state index contributed by atoms with van der Waals surface area (Å²) in [5, 5.41) is 1.38. The molecule has 2 aromatic carbocycles. The van der Waals surface area contributed by atoms with Crippen LogP contribution in [0.25, 0.3) is 0 Å². The van der Waals surface area contributed by atoms with Gasteiger partial charge in [0.2, 0.25) is 5.91 Å². The maximum Gasteiger partial charge on any atom is 0.249 e. The molecule has 1 saturated carbocycles. The number of morpholine rings is 1. The molecule has 1 saturated heterocycles. The molecule has 0 aromatic heterocycles. The van der Waals surface area contributed by atoms with Gasteiger partial charge in [0.25, 0.3) is 0 Å². The summed E-state index contributed by atoms with van der Waals surface area (Å²) in [7, 11) is 0. The number of carbonyl (C=O) groups is 1. The molecule has 1 heterocycles. The number of halogens is 2. The van der Waals surface area contributed by atoms with Crippen molar-refractivity contribution in [3.8, 4) is 0 Å². The molecule has 142 valence electrons. The lowest BCUT2D eigenvalue weighted by Gasteiger charge is -2.45. The van der Waals surface area contributed by atoms with Crippen LogP contribution in [0.15, 0.2) is 48.5 Å².